The average molecular weight is 1350 g/mol. The molecule has 0 heterocycles. The van der Waals surface area contributed by atoms with Gasteiger partial charge in [0.2, 0.25) is 0 Å². The van der Waals surface area contributed by atoms with Crippen molar-refractivity contribution >= 4 is 0 Å². The Morgan fingerprint density at radius 3 is 0.125 bits per heavy atom. The minimum atomic E-state index is 0. The molecule has 0 unspecified atom stereocenters. The van der Waals surface area contributed by atoms with Crippen molar-refractivity contribution in [2.75, 3.05) is 0 Å². The van der Waals surface area contributed by atoms with E-state index in [1.165, 1.54) is 0 Å². The van der Waals surface area contributed by atoms with Crippen LogP contribution in [0, 0.1) is 7.43 Å². The molecule has 0 aliphatic carbocycles. The van der Waals surface area contributed by atoms with E-state index in [2.05, 4.69) is 0 Å². The van der Waals surface area contributed by atoms with Gasteiger partial charge in [0, 0.05) is 491 Å². The molecule has 0 saturated heterocycles. The van der Waals surface area contributed by atoms with E-state index in [0.29, 0.717) is 0 Å². The minimum absolute atomic E-state index is 0. The molecule has 0 rings (SSSR count). The predicted molar refractivity (Wildman–Crippen MR) is 6.41 cm³/mol. The zero-order valence-electron chi connectivity index (χ0n) is 9.66. The third-order valence-electron chi connectivity index (χ3n) is 0. The van der Waals surface area contributed by atoms with Crippen LogP contribution in [0.4, 0.5) is 0 Å². The summed E-state index contributed by atoms with van der Waals surface area (Å²) in [7, 11) is 0. The summed E-state index contributed by atoms with van der Waals surface area (Å²) in [5.74, 6) is 0. The van der Waals surface area contributed by atoms with E-state index >= 15 is 0 Å². The molecule has 0 saturated carbocycles. The second-order valence-electron chi connectivity index (χ2n) is 0. The molecule has 0 aliphatic rings. The van der Waals surface area contributed by atoms with Crippen molar-refractivity contribution in [3.05, 3.63) is 7.43 Å². The van der Waals surface area contributed by atoms with Crippen molar-refractivity contribution in [3.63, 3.8) is 0 Å². The summed E-state index contributed by atoms with van der Waals surface area (Å²) in [6.45, 7) is 0. The van der Waals surface area contributed by atoms with E-state index in [4.69, 9.17) is 0 Å². The van der Waals surface area contributed by atoms with Crippen molar-refractivity contribution in [2.45, 2.75) is 0 Å². The Kier molecular flexibility index (Phi) is 794. The molecule has 0 nitrogen and oxygen atoms in total. The summed E-state index contributed by atoms with van der Waals surface area (Å²) in [5.41, 5.74) is 0. The van der Waals surface area contributed by atoms with Gasteiger partial charge >= 0.3 is 0 Å². The normalized spacial score (nSPS) is 0. The van der Waals surface area contributed by atoms with Crippen LogP contribution in [-0.4, -0.2) is 0 Å². The molecule has 0 bridgehead atoms. The van der Waals surface area contributed by atoms with E-state index in [0.717, 1.165) is 0 Å². The average Bonchev–Trinajstić information content (AvgIpc) is 0. The Labute approximate surface area is 479 Å². The van der Waals surface area contributed by atoms with E-state index in [1.54, 1.807) is 0 Å². The minimum Gasteiger partial charge on any atom is -0.358 e. The van der Waals surface area contributed by atoms with Crippen LogP contribution in [0.15, 0.2) is 0 Å². The van der Waals surface area contributed by atoms with Crippen molar-refractivity contribution in [1.29, 1.82) is 0 Å². The molecule has 0 aromatic heterocycles. The molecule has 0 aliphatic heterocycles. The Hall–Kier alpha value is 16.6. The largest absolute Gasteiger partial charge is 0.358 e. The monoisotopic (exact) mass is 1350 g/mol. The first kappa shape index (κ1) is 118. The first-order valence-electron chi connectivity index (χ1n) is 0. The first-order valence-corrected chi connectivity index (χ1v) is 0. The smallest absolute Gasteiger partial charge is 0 e. The third-order valence-corrected chi connectivity index (χ3v) is 0. The van der Waals surface area contributed by atoms with Gasteiger partial charge < -0.3 is 7.43 Å². The van der Waals surface area contributed by atoms with E-state index in [-0.39, 0.29) is 498 Å². The van der Waals surface area contributed by atoms with Crippen LogP contribution in [0.2, 0.25) is 0 Å². The van der Waals surface area contributed by atoms with Gasteiger partial charge in [-0.3, -0.25) is 0 Å². The van der Waals surface area contributed by atoms with E-state index in [9.17, 15) is 0 Å². The van der Waals surface area contributed by atoms with Crippen molar-refractivity contribution in [1.82, 2.24) is 0 Å². The Morgan fingerprint density at radius 2 is 0.125 bits per heavy atom. The van der Waals surface area contributed by atoms with Crippen LogP contribution in [0.5, 0.6) is 0 Å². The quantitative estimate of drug-likeness (QED) is 0.309. The molecular weight excluding hydrogens is 1350 g/mol. The topological polar surface area (TPSA) is 0 Å². The van der Waals surface area contributed by atoms with Crippen LogP contribution in [-0.2, 0) is 491 Å². The summed E-state index contributed by atoms with van der Waals surface area (Å²) < 4.78 is 0. The molecule has 15 radical (unpaired) electrons. The van der Waals surface area contributed by atoms with Gasteiger partial charge in [-0.15, -0.1) is 0 Å². The fraction of sp³-hybridized carbons (Fsp3) is 0. The van der Waals surface area contributed by atoms with Gasteiger partial charge in [0.25, 0.3) is 0 Å². The molecule has 0 aromatic carbocycles. The summed E-state index contributed by atoms with van der Waals surface area (Å²) in [6, 6.07) is 0. The van der Waals surface area contributed by atoms with Gasteiger partial charge in [-0.2, -0.15) is 0 Å². The fourth-order valence-corrected chi connectivity index (χ4v) is 0. The zero-order valence-corrected chi connectivity index (χ0v) is 52.2. The molecular formula is CH3Y15-. The van der Waals surface area contributed by atoms with Gasteiger partial charge in [-0.05, 0) is 0 Å². The van der Waals surface area contributed by atoms with Crippen LogP contribution < -0.4 is 0 Å². The maximum absolute atomic E-state index is 0. The summed E-state index contributed by atoms with van der Waals surface area (Å²) >= 11 is 0. The van der Waals surface area contributed by atoms with Crippen LogP contribution in [0.25, 0.3) is 0 Å². The predicted octanol–water partition coefficient (Wildman–Crippen LogP) is 0.413. The zero-order chi connectivity index (χ0) is 0. The molecule has 0 fully saturated rings. The summed E-state index contributed by atoms with van der Waals surface area (Å²) in [6.07, 6.45) is 0. The standard InChI is InChI=1S/CH3.15Y/h1H3;;;;;;;;;;;;;;;/q-1;;;;;;;;;;;;;;;. The van der Waals surface area contributed by atoms with Gasteiger partial charge in [0.1, 0.15) is 0 Å². The Balaban J connectivity index is 0. The van der Waals surface area contributed by atoms with Gasteiger partial charge in [-0.1, -0.05) is 0 Å². The van der Waals surface area contributed by atoms with Crippen molar-refractivity contribution in [2.24, 2.45) is 0 Å². The third kappa shape index (κ3) is 97.4. The maximum atomic E-state index is 0. The van der Waals surface area contributed by atoms with Crippen molar-refractivity contribution < 1.29 is 491 Å². The van der Waals surface area contributed by atoms with Crippen LogP contribution >= 0.6 is 0 Å². The molecule has 53 valence electrons. The van der Waals surface area contributed by atoms with Crippen molar-refractivity contribution in [3.8, 4) is 0 Å². The van der Waals surface area contributed by atoms with Gasteiger partial charge in [0.05, 0.1) is 0 Å². The van der Waals surface area contributed by atoms with E-state index in [1.807, 2.05) is 0 Å². The van der Waals surface area contributed by atoms with E-state index < -0.39 is 0 Å². The number of hydrogen-bond acceptors (Lipinski definition) is 0. The fourth-order valence-electron chi connectivity index (χ4n) is 0. The summed E-state index contributed by atoms with van der Waals surface area (Å²) in [5, 5.41) is 0. The Bertz CT molecular complexity index is 5.40. The second-order valence-corrected chi connectivity index (χ2v) is 0. The molecule has 0 atom stereocenters. The second kappa shape index (κ2) is 107. The molecule has 0 spiro atoms. The van der Waals surface area contributed by atoms with Gasteiger partial charge in [0.15, 0.2) is 0 Å². The Morgan fingerprint density at radius 1 is 0.125 bits per heavy atom. The number of hydrogen-bond donors (Lipinski definition) is 0. The first-order chi connectivity index (χ1) is 0. The molecule has 15 heteroatoms. The van der Waals surface area contributed by atoms with Crippen LogP contribution in [0.3, 0.4) is 0 Å². The molecule has 0 N–H and O–H groups in total. The maximum Gasteiger partial charge on any atom is 0 e. The van der Waals surface area contributed by atoms with Gasteiger partial charge in [-0.25, -0.2) is 0 Å². The molecule has 16 heavy (non-hydrogen) atoms. The van der Waals surface area contributed by atoms with Crippen LogP contribution in [0.1, 0.15) is 0 Å². The molecule has 0 amide bonds. The SMILES string of the molecule is [CH3-].[Y].[Y].[Y].[Y].[Y].[Y].[Y].[Y].[Y].[Y].[Y].[Y].[Y].[Y].[Y]. The summed E-state index contributed by atoms with van der Waals surface area (Å²) in [4.78, 5) is 0. The number of rotatable bonds is 0. The molecule has 0 aromatic rings.